The van der Waals surface area contributed by atoms with Gasteiger partial charge in [-0.3, -0.25) is 0 Å². The molecule has 146 valence electrons. The summed E-state index contributed by atoms with van der Waals surface area (Å²) in [7, 11) is 0. The van der Waals surface area contributed by atoms with E-state index in [9.17, 15) is 10.2 Å². The van der Waals surface area contributed by atoms with Crippen molar-refractivity contribution in [2.75, 3.05) is 0 Å². The van der Waals surface area contributed by atoms with E-state index in [1.54, 1.807) is 12.2 Å². The average Bonchev–Trinajstić information content (AvgIpc) is 2.67. The van der Waals surface area contributed by atoms with Crippen LogP contribution in [-0.4, -0.2) is 10.2 Å². The van der Waals surface area contributed by atoms with E-state index >= 15 is 0 Å². The maximum atomic E-state index is 10.7. The second-order valence-corrected chi connectivity index (χ2v) is 7.00. The fraction of sp³-hybridized carbons (Fsp3) is 0.231. The summed E-state index contributed by atoms with van der Waals surface area (Å²) in [5.74, 6) is 0.640. The van der Waals surface area contributed by atoms with Gasteiger partial charge in [0.15, 0.2) is 0 Å². The van der Waals surface area contributed by atoms with E-state index in [1.165, 1.54) is 0 Å². The number of hydrogen-bond acceptors (Lipinski definition) is 2. The number of aromatic hydroxyl groups is 2. The van der Waals surface area contributed by atoms with Crippen molar-refractivity contribution in [1.29, 1.82) is 0 Å². The summed E-state index contributed by atoms with van der Waals surface area (Å²) in [5, 5.41) is 21.3. The fourth-order valence-electron chi connectivity index (χ4n) is 3.51. The van der Waals surface area contributed by atoms with E-state index in [1.807, 2.05) is 36.4 Å². The number of phenols is 2. The van der Waals surface area contributed by atoms with Gasteiger partial charge >= 0.3 is 0 Å². The highest BCUT2D eigenvalue weighted by Gasteiger charge is 2.13. The maximum absolute atomic E-state index is 10.7. The zero-order valence-electron chi connectivity index (χ0n) is 16.6. The first kappa shape index (κ1) is 21.3. The van der Waals surface area contributed by atoms with Crippen LogP contribution < -0.4 is 0 Å². The molecule has 0 fully saturated rings. The highest BCUT2D eigenvalue weighted by atomic mass is 16.3. The third-order valence-electron chi connectivity index (χ3n) is 4.81. The van der Waals surface area contributed by atoms with Crippen molar-refractivity contribution in [3.8, 4) is 11.5 Å². The van der Waals surface area contributed by atoms with Crippen molar-refractivity contribution in [3.05, 3.63) is 108 Å². The zero-order chi connectivity index (χ0) is 20.5. The molecule has 0 amide bonds. The Morgan fingerprint density at radius 2 is 0.857 bits per heavy atom. The summed E-state index contributed by atoms with van der Waals surface area (Å²) in [6.07, 6.45) is 11.3. The molecule has 0 aliphatic carbocycles. The lowest BCUT2D eigenvalue weighted by atomic mass is 9.93. The van der Waals surface area contributed by atoms with Gasteiger partial charge in [-0.1, -0.05) is 48.6 Å². The van der Waals surface area contributed by atoms with Crippen molar-refractivity contribution in [2.24, 2.45) is 0 Å². The normalized spacial score (nSPS) is 10.4. The molecule has 2 rings (SSSR count). The molecular weight excluding hydrogens is 344 g/mol. The first-order valence-electron chi connectivity index (χ1n) is 9.64. The number of aryl methyl sites for hydroxylation is 2. The first-order valence-corrected chi connectivity index (χ1v) is 9.64. The summed E-state index contributed by atoms with van der Waals surface area (Å²) in [6.45, 7) is 15.2. The van der Waals surface area contributed by atoms with E-state index in [4.69, 9.17) is 0 Å². The van der Waals surface area contributed by atoms with Crippen molar-refractivity contribution >= 4 is 0 Å². The Kier molecular flexibility index (Phi) is 7.88. The van der Waals surface area contributed by atoms with E-state index in [-0.39, 0.29) is 0 Å². The molecule has 0 saturated carbocycles. The zero-order valence-corrected chi connectivity index (χ0v) is 16.6. The van der Waals surface area contributed by atoms with Gasteiger partial charge in [0.2, 0.25) is 0 Å². The molecule has 0 aliphatic rings. The van der Waals surface area contributed by atoms with Crippen LogP contribution in [0.2, 0.25) is 0 Å². The lowest BCUT2D eigenvalue weighted by Gasteiger charge is -2.14. The largest absolute Gasteiger partial charge is 0.507 e. The number of phenolic OH excluding ortho intramolecular Hbond substituents is 2. The molecule has 0 bridgehead atoms. The van der Waals surface area contributed by atoms with Gasteiger partial charge in [-0.2, -0.15) is 0 Å². The fourth-order valence-corrected chi connectivity index (χ4v) is 3.51. The molecule has 2 N–H and O–H groups in total. The summed E-state index contributed by atoms with van der Waals surface area (Å²) >= 11 is 0. The molecule has 2 aromatic rings. The molecule has 2 aromatic carbocycles. The highest BCUT2D eigenvalue weighted by Crippen LogP contribution is 2.31. The van der Waals surface area contributed by atoms with Gasteiger partial charge < -0.3 is 10.2 Å². The van der Waals surface area contributed by atoms with Crippen molar-refractivity contribution < 1.29 is 10.2 Å². The topological polar surface area (TPSA) is 40.5 Å². The quantitative estimate of drug-likeness (QED) is 0.488. The third kappa shape index (κ3) is 5.26. The molecule has 0 radical (unpaired) electrons. The van der Waals surface area contributed by atoms with Crippen molar-refractivity contribution in [3.63, 3.8) is 0 Å². The summed E-state index contributed by atoms with van der Waals surface area (Å²) in [5.41, 5.74) is 5.76. The Hall–Kier alpha value is -3.00. The molecule has 0 atom stereocenters. The molecule has 28 heavy (non-hydrogen) atoms. The lowest BCUT2D eigenvalue weighted by molar-refractivity contribution is 0.456. The summed E-state index contributed by atoms with van der Waals surface area (Å²) in [4.78, 5) is 0. The lowest BCUT2D eigenvalue weighted by Crippen LogP contribution is -2.00. The molecule has 0 saturated heterocycles. The van der Waals surface area contributed by atoms with E-state index < -0.39 is 0 Å². The van der Waals surface area contributed by atoms with Crippen molar-refractivity contribution in [1.82, 2.24) is 0 Å². The minimum Gasteiger partial charge on any atom is -0.507 e. The van der Waals surface area contributed by atoms with Gasteiger partial charge in [0.05, 0.1) is 0 Å². The molecule has 0 unspecified atom stereocenters. The number of hydrogen-bond donors (Lipinski definition) is 2. The van der Waals surface area contributed by atoms with Gasteiger partial charge in [0.1, 0.15) is 11.5 Å². The maximum Gasteiger partial charge on any atom is 0.122 e. The SMILES string of the molecule is C=CCc1cc(CC=C)c(O)c(CCc2cc(CC=C)cc(CC=C)c2O)c1. The van der Waals surface area contributed by atoms with Gasteiger partial charge in [0, 0.05) is 0 Å². The van der Waals surface area contributed by atoms with Crippen LogP contribution in [0.15, 0.2) is 74.9 Å². The van der Waals surface area contributed by atoms with Crippen LogP contribution in [0.3, 0.4) is 0 Å². The first-order chi connectivity index (χ1) is 13.5. The van der Waals surface area contributed by atoms with Crippen LogP contribution in [-0.2, 0) is 38.5 Å². The molecule has 2 heteroatoms. The van der Waals surface area contributed by atoms with Gasteiger partial charge in [-0.25, -0.2) is 0 Å². The molecule has 0 heterocycles. The predicted octanol–water partition coefficient (Wildman–Crippen LogP) is 5.80. The molecular formula is C26H30O2. The average molecular weight is 375 g/mol. The molecule has 0 spiro atoms. The monoisotopic (exact) mass is 374 g/mol. The Morgan fingerprint density at radius 3 is 1.18 bits per heavy atom. The second kappa shape index (κ2) is 10.4. The van der Waals surface area contributed by atoms with E-state index in [2.05, 4.69) is 26.3 Å². The molecule has 0 aromatic heterocycles. The van der Waals surface area contributed by atoms with Crippen LogP contribution in [0.4, 0.5) is 0 Å². The molecule has 2 nitrogen and oxygen atoms in total. The van der Waals surface area contributed by atoms with E-state index in [0.717, 1.165) is 46.2 Å². The predicted molar refractivity (Wildman–Crippen MR) is 119 cm³/mol. The number of rotatable bonds is 11. The number of allylic oxidation sites excluding steroid dienone is 4. The second-order valence-electron chi connectivity index (χ2n) is 7.00. The van der Waals surface area contributed by atoms with Gasteiger partial charge in [-0.05, 0) is 71.9 Å². The van der Waals surface area contributed by atoms with Crippen LogP contribution >= 0.6 is 0 Å². The van der Waals surface area contributed by atoms with Crippen LogP contribution in [0.25, 0.3) is 0 Å². The minimum absolute atomic E-state index is 0.320. The van der Waals surface area contributed by atoms with Crippen LogP contribution in [0.5, 0.6) is 11.5 Å². The Bertz CT molecular complexity index is 801. The third-order valence-corrected chi connectivity index (χ3v) is 4.81. The smallest absolute Gasteiger partial charge is 0.122 e. The summed E-state index contributed by atoms with van der Waals surface area (Å²) < 4.78 is 0. The van der Waals surface area contributed by atoms with E-state index in [0.29, 0.717) is 37.2 Å². The van der Waals surface area contributed by atoms with Gasteiger partial charge in [0.25, 0.3) is 0 Å². The Morgan fingerprint density at radius 1 is 0.536 bits per heavy atom. The minimum atomic E-state index is 0.320. The van der Waals surface area contributed by atoms with Crippen LogP contribution in [0, 0.1) is 0 Å². The number of benzene rings is 2. The van der Waals surface area contributed by atoms with Crippen molar-refractivity contribution in [2.45, 2.75) is 38.5 Å². The standard InChI is InChI=1S/C26H30O2/c1-5-9-19-15-21(11-7-3)25(27)23(17-19)13-14-24-18-20(10-6-2)16-22(12-8-4)26(24)28/h5-8,15-18,27-28H,1-4,9-14H2. The Labute approximate surface area is 168 Å². The highest BCUT2D eigenvalue weighted by molar-refractivity contribution is 5.48. The molecule has 0 aliphatic heterocycles. The summed E-state index contributed by atoms with van der Waals surface area (Å²) in [6, 6.07) is 8.07. The van der Waals surface area contributed by atoms with Gasteiger partial charge in [-0.15, -0.1) is 26.3 Å². The van der Waals surface area contributed by atoms with Crippen LogP contribution in [0.1, 0.15) is 33.4 Å². The Balaban J connectivity index is 2.36.